The predicted molar refractivity (Wildman–Crippen MR) is 73.2 cm³/mol. The molecular formula is C14H8BrNO2. The second kappa shape index (κ2) is 5.48. The summed E-state index contributed by atoms with van der Waals surface area (Å²) in [7, 11) is 0. The maximum atomic E-state index is 10.5. The first-order chi connectivity index (χ1) is 8.66. The zero-order valence-corrected chi connectivity index (χ0v) is 10.8. The number of nitro groups is 1. The number of nitro benzene ring substituents is 1. The van der Waals surface area contributed by atoms with Gasteiger partial charge in [-0.25, -0.2) is 0 Å². The van der Waals surface area contributed by atoms with Crippen LogP contribution in [0, 0.1) is 22.0 Å². The van der Waals surface area contributed by atoms with E-state index in [9.17, 15) is 10.1 Å². The van der Waals surface area contributed by atoms with Gasteiger partial charge in [0.2, 0.25) is 0 Å². The van der Waals surface area contributed by atoms with Crippen molar-refractivity contribution in [3.8, 4) is 11.8 Å². The molecule has 4 heteroatoms. The first-order valence-corrected chi connectivity index (χ1v) is 5.97. The highest BCUT2D eigenvalue weighted by Crippen LogP contribution is 2.15. The lowest BCUT2D eigenvalue weighted by atomic mass is 10.2. The van der Waals surface area contributed by atoms with Crippen LogP contribution >= 0.6 is 15.9 Å². The Labute approximate surface area is 113 Å². The Kier molecular flexibility index (Phi) is 3.75. The van der Waals surface area contributed by atoms with Gasteiger partial charge in [0.25, 0.3) is 5.69 Å². The smallest absolute Gasteiger partial charge is 0.258 e. The minimum atomic E-state index is -0.426. The molecule has 0 atom stereocenters. The van der Waals surface area contributed by atoms with Crippen LogP contribution in [-0.2, 0) is 0 Å². The van der Waals surface area contributed by atoms with Gasteiger partial charge < -0.3 is 0 Å². The van der Waals surface area contributed by atoms with Gasteiger partial charge in [0, 0.05) is 27.7 Å². The van der Waals surface area contributed by atoms with Gasteiger partial charge in [0.05, 0.1) is 4.92 Å². The number of nitrogens with zero attached hydrogens (tertiary/aromatic N) is 1. The van der Waals surface area contributed by atoms with Crippen LogP contribution in [0.15, 0.2) is 53.0 Å². The van der Waals surface area contributed by atoms with Gasteiger partial charge in [-0.1, -0.05) is 24.0 Å². The number of benzene rings is 2. The Morgan fingerprint density at radius 1 is 1.00 bits per heavy atom. The van der Waals surface area contributed by atoms with Crippen molar-refractivity contribution in [2.75, 3.05) is 0 Å². The fourth-order valence-corrected chi connectivity index (χ4v) is 1.75. The van der Waals surface area contributed by atoms with E-state index in [0.29, 0.717) is 0 Å². The van der Waals surface area contributed by atoms with E-state index in [4.69, 9.17) is 0 Å². The summed E-state index contributed by atoms with van der Waals surface area (Å²) in [6.45, 7) is 0. The number of hydrogen-bond donors (Lipinski definition) is 0. The Balaban J connectivity index is 2.25. The summed E-state index contributed by atoms with van der Waals surface area (Å²) in [5.74, 6) is 5.98. The molecule has 3 nitrogen and oxygen atoms in total. The van der Waals surface area contributed by atoms with Crippen LogP contribution in [0.3, 0.4) is 0 Å². The van der Waals surface area contributed by atoms with E-state index in [2.05, 4.69) is 27.8 Å². The number of non-ortho nitro benzene ring substituents is 1. The molecule has 88 valence electrons. The molecule has 0 amide bonds. The first-order valence-electron chi connectivity index (χ1n) is 5.18. The topological polar surface area (TPSA) is 43.1 Å². The highest BCUT2D eigenvalue weighted by Gasteiger charge is 2.02. The summed E-state index contributed by atoms with van der Waals surface area (Å²) in [6, 6.07) is 13.8. The van der Waals surface area contributed by atoms with E-state index in [-0.39, 0.29) is 5.69 Å². The second-order valence-electron chi connectivity index (χ2n) is 3.53. The fraction of sp³-hybridized carbons (Fsp3) is 0. The van der Waals surface area contributed by atoms with Crippen LogP contribution in [0.25, 0.3) is 0 Å². The zero-order chi connectivity index (χ0) is 13.0. The minimum Gasteiger partial charge on any atom is -0.258 e. The average molecular weight is 302 g/mol. The Bertz CT molecular complexity index is 639. The SMILES string of the molecule is O=[N+]([O-])c1ccc(C#Cc2ccccc2Br)cc1. The Hall–Kier alpha value is -2.12. The van der Waals surface area contributed by atoms with Crippen LogP contribution in [0.1, 0.15) is 11.1 Å². The summed E-state index contributed by atoms with van der Waals surface area (Å²) in [5.41, 5.74) is 1.70. The first kappa shape index (κ1) is 12.3. The van der Waals surface area contributed by atoms with Crippen LogP contribution in [0.2, 0.25) is 0 Å². The van der Waals surface area contributed by atoms with E-state index < -0.39 is 4.92 Å². The summed E-state index contributed by atoms with van der Waals surface area (Å²) in [5, 5.41) is 10.5. The fourth-order valence-electron chi connectivity index (χ4n) is 1.37. The molecule has 0 N–H and O–H groups in total. The lowest BCUT2D eigenvalue weighted by molar-refractivity contribution is -0.384. The molecule has 2 rings (SSSR count). The molecule has 0 aromatic heterocycles. The molecule has 2 aromatic carbocycles. The van der Waals surface area contributed by atoms with Gasteiger partial charge in [0.15, 0.2) is 0 Å². The van der Waals surface area contributed by atoms with Crippen molar-refractivity contribution in [1.82, 2.24) is 0 Å². The standard InChI is InChI=1S/C14H8BrNO2/c15-14-4-2-1-3-12(14)8-5-11-6-9-13(10-7-11)16(17)18/h1-4,6-7,9-10H. The molecule has 0 heterocycles. The monoisotopic (exact) mass is 301 g/mol. The Morgan fingerprint density at radius 2 is 1.67 bits per heavy atom. The third kappa shape index (κ3) is 2.96. The van der Waals surface area contributed by atoms with Crippen molar-refractivity contribution in [2.24, 2.45) is 0 Å². The molecule has 0 bridgehead atoms. The van der Waals surface area contributed by atoms with Gasteiger partial charge in [0.1, 0.15) is 0 Å². The zero-order valence-electron chi connectivity index (χ0n) is 9.26. The summed E-state index contributed by atoms with van der Waals surface area (Å²) < 4.78 is 0.930. The van der Waals surface area contributed by atoms with Crippen molar-refractivity contribution >= 4 is 21.6 Å². The van der Waals surface area contributed by atoms with Crippen molar-refractivity contribution in [1.29, 1.82) is 0 Å². The molecule has 0 unspecified atom stereocenters. The third-order valence-electron chi connectivity index (χ3n) is 2.29. The van der Waals surface area contributed by atoms with Crippen molar-refractivity contribution < 1.29 is 4.92 Å². The van der Waals surface area contributed by atoms with Crippen molar-refractivity contribution in [2.45, 2.75) is 0 Å². The molecular weight excluding hydrogens is 294 g/mol. The van der Waals surface area contributed by atoms with E-state index in [1.165, 1.54) is 12.1 Å². The van der Waals surface area contributed by atoms with E-state index >= 15 is 0 Å². The Morgan fingerprint density at radius 3 is 2.28 bits per heavy atom. The second-order valence-corrected chi connectivity index (χ2v) is 4.39. The summed E-state index contributed by atoms with van der Waals surface area (Å²) in [6.07, 6.45) is 0. The third-order valence-corrected chi connectivity index (χ3v) is 2.98. The molecule has 2 aromatic rings. The normalized spacial score (nSPS) is 9.39. The van der Waals surface area contributed by atoms with E-state index in [1.807, 2.05) is 24.3 Å². The van der Waals surface area contributed by atoms with Crippen LogP contribution in [0.5, 0.6) is 0 Å². The van der Waals surface area contributed by atoms with Gasteiger partial charge in [-0.15, -0.1) is 0 Å². The number of halogens is 1. The van der Waals surface area contributed by atoms with Crippen LogP contribution in [-0.4, -0.2) is 4.92 Å². The van der Waals surface area contributed by atoms with E-state index in [0.717, 1.165) is 15.6 Å². The summed E-state index contributed by atoms with van der Waals surface area (Å²) >= 11 is 3.41. The minimum absolute atomic E-state index is 0.0708. The molecule has 0 aliphatic carbocycles. The molecule has 0 saturated heterocycles. The molecule has 18 heavy (non-hydrogen) atoms. The van der Waals surface area contributed by atoms with Crippen LogP contribution < -0.4 is 0 Å². The molecule has 0 saturated carbocycles. The van der Waals surface area contributed by atoms with Gasteiger partial charge in [-0.05, 0) is 40.2 Å². The van der Waals surface area contributed by atoms with Gasteiger partial charge in [-0.3, -0.25) is 10.1 Å². The van der Waals surface area contributed by atoms with Crippen LogP contribution in [0.4, 0.5) is 5.69 Å². The molecule has 0 radical (unpaired) electrons. The average Bonchev–Trinajstić information content (AvgIpc) is 2.38. The maximum absolute atomic E-state index is 10.5. The highest BCUT2D eigenvalue weighted by atomic mass is 79.9. The molecule has 0 aliphatic rings. The molecule has 0 spiro atoms. The lowest BCUT2D eigenvalue weighted by Gasteiger charge is -1.94. The maximum Gasteiger partial charge on any atom is 0.269 e. The predicted octanol–water partition coefficient (Wildman–Crippen LogP) is 3.76. The van der Waals surface area contributed by atoms with Gasteiger partial charge >= 0.3 is 0 Å². The molecule has 0 aliphatic heterocycles. The lowest BCUT2D eigenvalue weighted by Crippen LogP contribution is -1.87. The number of hydrogen-bond acceptors (Lipinski definition) is 2. The number of rotatable bonds is 1. The largest absolute Gasteiger partial charge is 0.269 e. The van der Waals surface area contributed by atoms with E-state index in [1.54, 1.807) is 12.1 Å². The van der Waals surface area contributed by atoms with Crippen molar-refractivity contribution in [3.05, 3.63) is 74.2 Å². The van der Waals surface area contributed by atoms with Crippen molar-refractivity contribution in [3.63, 3.8) is 0 Å². The highest BCUT2D eigenvalue weighted by molar-refractivity contribution is 9.10. The van der Waals surface area contributed by atoms with Gasteiger partial charge in [-0.2, -0.15) is 0 Å². The quantitative estimate of drug-likeness (QED) is 0.457. The summed E-state index contributed by atoms with van der Waals surface area (Å²) in [4.78, 5) is 10.1. The molecule has 0 fully saturated rings.